The second-order valence-corrected chi connectivity index (χ2v) is 7.70. The Hall–Kier alpha value is -3.41. The van der Waals surface area contributed by atoms with Gasteiger partial charge in [0, 0.05) is 29.9 Å². The quantitative estimate of drug-likeness (QED) is 0.648. The largest absolute Gasteiger partial charge is 0.333 e. The number of amides is 2. The van der Waals surface area contributed by atoms with Crippen molar-refractivity contribution in [2.75, 3.05) is 18.4 Å². The van der Waals surface area contributed by atoms with Crippen LogP contribution in [0, 0.1) is 12.8 Å². The zero-order valence-electron chi connectivity index (χ0n) is 17.3. The van der Waals surface area contributed by atoms with Crippen LogP contribution < -0.4 is 5.32 Å². The highest BCUT2D eigenvalue weighted by atomic mass is 16.2. The number of hydrogen-bond donors (Lipinski definition) is 1. The number of rotatable bonds is 7. The fourth-order valence-electron chi connectivity index (χ4n) is 3.46. The maximum absolute atomic E-state index is 12.8. The van der Waals surface area contributed by atoms with Crippen LogP contribution in [-0.4, -0.2) is 39.4 Å². The Morgan fingerprint density at radius 2 is 1.90 bits per heavy atom. The fraction of sp³-hybridized carbons (Fsp3) is 0.292. The first-order chi connectivity index (χ1) is 14.5. The molecule has 6 heteroatoms. The second-order valence-electron chi connectivity index (χ2n) is 7.70. The van der Waals surface area contributed by atoms with Gasteiger partial charge in [-0.2, -0.15) is 0 Å². The predicted molar refractivity (Wildman–Crippen MR) is 117 cm³/mol. The van der Waals surface area contributed by atoms with Crippen LogP contribution in [0.15, 0.2) is 60.8 Å². The molecule has 0 saturated heterocycles. The van der Waals surface area contributed by atoms with Gasteiger partial charge < -0.3 is 4.90 Å². The van der Waals surface area contributed by atoms with Crippen molar-refractivity contribution < 1.29 is 9.59 Å². The summed E-state index contributed by atoms with van der Waals surface area (Å²) in [7, 11) is 0. The lowest BCUT2D eigenvalue weighted by molar-refractivity contribution is -0.135. The summed E-state index contributed by atoms with van der Waals surface area (Å²) in [6.45, 7) is 4.48. The van der Waals surface area contributed by atoms with Crippen molar-refractivity contribution in [2.24, 2.45) is 5.92 Å². The van der Waals surface area contributed by atoms with Gasteiger partial charge in [-0.25, -0.2) is 4.98 Å². The molecule has 3 aromatic rings. The molecule has 6 nitrogen and oxygen atoms in total. The average molecular weight is 402 g/mol. The van der Waals surface area contributed by atoms with E-state index < -0.39 is 0 Å². The fourth-order valence-corrected chi connectivity index (χ4v) is 3.46. The van der Waals surface area contributed by atoms with E-state index >= 15 is 0 Å². The van der Waals surface area contributed by atoms with Crippen molar-refractivity contribution in [3.8, 4) is 16.9 Å². The molecular weight excluding hydrogens is 376 g/mol. The molecule has 0 atom stereocenters. The van der Waals surface area contributed by atoms with Gasteiger partial charge in [-0.15, -0.1) is 0 Å². The number of aromatic nitrogens is 2. The molecule has 0 aliphatic heterocycles. The third-order valence-corrected chi connectivity index (χ3v) is 5.26. The van der Waals surface area contributed by atoms with E-state index in [0.29, 0.717) is 12.5 Å². The second kappa shape index (κ2) is 8.53. The van der Waals surface area contributed by atoms with Crippen molar-refractivity contribution in [1.29, 1.82) is 0 Å². The molecule has 2 aromatic carbocycles. The third-order valence-electron chi connectivity index (χ3n) is 5.26. The Morgan fingerprint density at radius 1 is 1.13 bits per heavy atom. The van der Waals surface area contributed by atoms with Gasteiger partial charge in [0.15, 0.2) is 0 Å². The number of carbonyl (C=O) groups excluding carboxylic acids is 2. The maximum atomic E-state index is 12.8. The number of anilines is 1. The summed E-state index contributed by atoms with van der Waals surface area (Å²) in [6, 6.07) is 17.9. The first-order valence-electron chi connectivity index (χ1n) is 10.4. The molecular formula is C24H26N4O2. The first kappa shape index (κ1) is 19.9. The van der Waals surface area contributed by atoms with Crippen LogP contribution in [-0.2, 0) is 9.59 Å². The van der Waals surface area contributed by atoms with E-state index in [0.717, 1.165) is 35.3 Å². The maximum Gasteiger partial charge on any atom is 0.246 e. The Bertz CT molecular complexity index is 1050. The molecule has 0 spiro atoms. The SMILES string of the molecule is CCN(CC(=O)Nc1nc(-c2ccccc2)cn1-c1cccc(C)c1)C(=O)C1CC1. The van der Waals surface area contributed by atoms with Gasteiger partial charge in [0.25, 0.3) is 0 Å². The topological polar surface area (TPSA) is 67.2 Å². The summed E-state index contributed by atoms with van der Waals surface area (Å²) in [5, 5.41) is 2.92. The molecule has 0 unspecified atom stereocenters. The summed E-state index contributed by atoms with van der Waals surface area (Å²) in [5.41, 5.74) is 3.78. The van der Waals surface area contributed by atoms with Crippen molar-refractivity contribution >= 4 is 17.8 Å². The van der Waals surface area contributed by atoms with E-state index in [-0.39, 0.29) is 24.3 Å². The van der Waals surface area contributed by atoms with Crippen LogP contribution in [0.2, 0.25) is 0 Å². The Labute approximate surface area is 176 Å². The number of aryl methyl sites for hydroxylation is 1. The van der Waals surface area contributed by atoms with Gasteiger partial charge in [0.1, 0.15) is 0 Å². The van der Waals surface area contributed by atoms with Crippen LogP contribution >= 0.6 is 0 Å². The van der Waals surface area contributed by atoms with E-state index in [1.807, 2.05) is 79.2 Å². The zero-order valence-corrected chi connectivity index (χ0v) is 17.3. The first-order valence-corrected chi connectivity index (χ1v) is 10.4. The van der Waals surface area contributed by atoms with Crippen molar-refractivity contribution in [2.45, 2.75) is 26.7 Å². The summed E-state index contributed by atoms with van der Waals surface area (Å²) >= 11 is 0. The lowest BCUT2D eigenvalue weighted by Crippen LogP contribution is -2.39. The summed E-state index contributed by atoms with van der Waals surface area (Å²) in [5.74, 6) is 0.362. The van der Waals surface area contributed by atoms with Gasteiger partial charge in [-0.05, 0) is 44.4 Å². The summed E-state index contributed by atoms with van der Waals surface area (Å²) in [4.78, 5) is 31.4. The van der Waals surface area contributed by atoms with Crippen molar-refractivity contribution in [3.05, 3.63) is 66.4 Å². The molecule has 0 radical (unpaired) electrons. The van der Waals surface area contributed by atoms with Crippen molar-refractivity contribution in [3.63, 3.8) is 0 Å². The van der Waals surface area contributed by atoms with Gasteiger partial charge in [0.2, 0.25) is 17.8 Å². The molecule has 1 saturated carbocycles. The zero-order chi connectivity index (χ0) is 21.1. The lowest BCUT2D eigenvalue weighted by Gasteiger charge is -2.20. The lowest BCUT2D eigenvalue weighted by atomic mass is 10.2. The molecule has 30 heavy (non-hydrogen) atoms. The minimum Gasteiger partial charge on any atom is -0.333 e. The molecule has 1 aliphatic carbocycles. The predicted octanol–water partition coefficient (Wildman–Crippen LogP) is 4.04. The minimum atomic E-state index is -0.245. The summed E-state index contributed by atoms with van der Waals surface area (Å²) in [6.07, 6.45) is 3.77. The highest BCUT2D eigenvalue weighted by molar-refractivity contribution is 5.94. The Kier molecular flexibility index (Phi) is 5.65. The highest BCUT2D eigenvalue weighted by Gasteiger charge is 2.33. The number of likely N-dealkylation sites (N-methyl/N-ethyl adjacent to an activating group) is 1. The molecule has 1 aromatic heterocycles. The molecule has 1 N–H and O–H groups in total. The highest BCUT2D eigenvalue weighted by Crippen LogP contribution is 2.31. The molecule has 1 aliphatic rings. The molecule has 1 fully saturated rings. The van der Waals surface area contributed by atoms with E-state index in [1.54, 1.807) is 4.90 Å². The number of nitrogens with zero attached hydrogens (tertiary/aromatic N) is 3. The standard InChI is InChI=1S/C24H26N4O2/c1-3-27(23(30)19-12-13-19)16-22(29)26-24-25-21(18-9-5-4-6-10-18)15-28(24)20-11-7-8-17(2)14-20/h4-11,14-15,19H,3,12-13,16H2,1-2H3,(H,25,26,29). The number of imidazole rings is 1. The van der Waals surface area contributed by atoms with Gasteiger partial charge in [0.05, 0.1) is 12.2 Å². The number of benzene rings is 2. The van der Waals surface area contributed by atoms with Gasteiger partial charge in [-0.1, -0.05) is 42.5 Å². The van der Waals surface area contributed by atoms with E-state index in [9.17, 15) is 9.59 Å². The number of hydrogen-bond acceptors (Lipinski definition) is 3. The molecule has 4 rings (SSSR count). The van der Waals surface area contributed by atoms with Crippen molar-refractivity contribution in [1.82, 2.24) is 14.5 Å². The average Bonchev–Trinajstić information content (AvgIpc) is 3.52. The monoisotopic (exact) mass is 402 g/mol. The van der Waals surface area contributed by atoms with E-state index in [2.05, 4.69) is 10.3 Å². The van der Waals surface area contributed by atoms with Crippen LogP contribution in [0.1, 0.15) is 25.3 Å². The minimum absolute atomic E-state index is 0.0349. The molecule has 2 amide bonds. The molecule has 1 heterocycles. The van der Waals surface area contributed by atoms with Crippen LogP contribution in [0.3, 0.4) is 0 Å². The normalized spacial score (nSPS) is 13.1. The van der Waals surface area contributed by atoms with Crippen LogP contribution in [0.4, 0.5) is 5.95 Å². The third kappa shape index (κ3) is 4.43. The van der Waals surface area contributed by atoms with E-state index in [4.69, 9.17) is 0 Å². The number of nitrogens with one attached hydrogen (secondary N) is 1. The van der Waals surface area contributed by atoms with Crippen LogP contribution in [0.5, 0.6) is 0 Å². The molecule has 0 bridgehead atoms. The van der Waals surface area contributed by atoms with Gasteiger partial charge >= 0.3 is 0 Å². The summed E-state index contributed by atoms with van der Waals surface area (Å²) < 4.78 is 1.88. The Morgan fingerprint density at radius 3 is 2.57 bits per heavy atom. The molecule has 154 valence electrons. The number of carbonyl (C=O) groups is 2. The van der Waals surface area contributed by atoms with Crippen LogP contribution in [0.25, 0.3) is 16.9 Å². The van der Waals surface area contributed by atoms with Gasteiger partial charge in [-0.3, -0.25) is 19.5 Å². The smallest absolute Gasteiger partial charge is 0.246 e. The Balaban J connectivity index is 1.61. The van der Waals surface area contributed by atoms with E-state index in [1.165, 1.54) is 0 Å².